The molecule has 0 aromatic heterocycles. The van der Waals surface area contributed by atoms with Gasteiger partial charge < -0.3 is 5.32 Å². The van der Waals surface area contributed by atoms with E-state index in [4.69, 9.17) is 0 Å². The van der Waals surface area contributed by atoms with Crippen LogP contribution in [0.3, 0.4) is 0 Å². The smallest absolute Gasteiger partial charge is 0.269 e. The van der Waals surface area contributed by atoms with Crippen molar-refractivity contribution in [2.24, 2.45) is 0 Å². The maximum atomic E-state index is 13.1. The lowest BCUT2D eigenvalue weighted by Crippen LogP contribution is -2.27. The van der Waals surface area contributed by atoms with Crippen LogP contribution in [0, 0.1) is 15.9 Å². The summed E-state index contributed by atoms with van der Waals surface area (Å²) in [6, 6.07) is 13.2. The van der Waals surface area contributed by atoms with Crippen molar-refractivity contribution in [3.63, 3.8) is 0 Å². The van der Waals surface area contributed by atoms with E-state index in [0.29, 0.717) is 6.54 Å². The van der Waals surface area contributed by atoms with Crippen molar-refractivity contribution in [2.45, 2.75) is 25.9 Å². The molecule has 0 saturated heterocycles. The van der Waals surface area contributed by atoms with Crippen molar-refractivity contribution in [3.05, 3.63) is 75.6 Å². The SMILES string of the molecule is CC(Cc1cccc(F)c1)NCc1ccc([N+](=O)[O-])cc1. The van der Waals surface area contributed by atoms with E-state index in [1.807, 2.05) is 13.0 Å². The Labute approximate surface area is 122 Å². The molecule has 0 amide bonds. The molecule has 0 fully saturated rings. The molecule has 0 saturated carbocycles. The van der Waals surface area contributed by atoms with Gasteiger partial charge in [-0.05, 0) is 36.6 Å². The molecule has 0 radical (unpaired) electrons. The summed E-state index contributed by atoms with van der Waals surface area (Å²) < 4.78 is 13.1. The van der Waals surface area contributed by atoms with Gasteiger partial charge in [0.1, 0.15) is 5.82 Å². The predicted octanol–water partition coefficient (Wildman–Crippen LogP) is 3.45. The van der Waals surface area contributed by atoms with Gasteiger partial charge in [-0.15, -0.1) is 0 Å². The average Bonchev–Trinajstić information content (AvgIpc) is 2.45. The summed E-state index contributed by atoms with van der Waals surface area (Å²) >= 11 is 0. The van der Waals surface area contributed by atoms with E-state index in [9.17, 15) is 14.5 Å². The molecular weight excluding hydrogens is 271 g/mol. The molecule has 1 N–H and O–H groups in total. The largest absolute Gasteiger partial charge is 0.310 e. The van der Waals surface area contributed by atoms with Gasteiger partial charge in [-0.25, -0.2) is 4.39 Å². The first kappa shape index (κ1) is 15.1. The maximum Gasteiger partial charge on any atom is 0.269 e. The van der Waals surface area contributed by atoms with Crippen molar-refractivity contribution in [1.82, 2.24) is 5.32 Å². The summed E-state index contributed by atoms with van der Waals surface area (Å²) in [4.78, 5) is 10.2. The fourth-order valence-electron chi connectivity index (χ4n) is 2.12. The van der Waals surface area contributed by atoms with Crippen LogP contribution in [-0.2, 0) is 13.0 Å². The van der Waals surface area contributed by atoms with Crippen LogP contribution in [0.15, 0.2) is 48.5 Å². The lowest BCUT2D eigenvalue weighted by atomic mass is 10.1. The highest BCUT2D eigenvalue weighted by atomic mass is 19.1. The molecule has 21 heavy (non-hydrogen) atoms. The second-order valence-corrected chi connectivity index (χ2v) is 5.04. The van der Waals surface area contributed by atoms with Crippen molar-refractivity contribution in [3.8, 4) is 0 Å². The molecule has 2 aromatic carbocycles. The number of hydrogen-bond acceptors (Lipinski definition) is 3. The number of nitrogens with zero attached hydrogens (tertiary/aromatic N) is 1. The number of benzene rings is 2. The molecule has 0 aliphatic carbocycles. The quantitative estimate of drug-likeness (QED) is 0.654. The van der Waals surface area contributed by atoms with Gasteiger partial charge in [0.25, 0.3) is 5.69 Å². The van der Waals surface area contributed by atoms with Gasteiger partial charge in [0.05, 0.1) is 4.92 Å². The van der Waals surface area contributed by atoms with E-state index in [1.54, 1.807) is 18.2 Å². The Morgan fingerprint density at radius 2 is 1.90 bits per heavy atom. The summed E-state index contributed by atoms with van der Waals surface area (Å²) in [7, 11) is 0. The fraction of sp³-hybridized carbons (Fsp3) is 0.250. The number of rotatable bonds is 6. The van der Waals surface area contributed by atoms with Gasteiger partial charge >= 0.3 is 0 Å². The van der Waals surface area contributed by atoms with Crippen LogP contribution in [-0.4, -0.2) is 11.0 Å². The fourth-order valence-corrected chi connectivity index (χ4v) is 2.12. The van der Waals surface area contributed by atoms with Crippen LogP contribution in [0.25, 0.3) is 0 Å². The summed E-state index contributed by atoms with van der Waals surface area (Å²) in [5, 5.41) is 13.9. The lowest BCUT2D eigenvalue weighted by Gasteiger charge is -2.14. The Morgan fingerprint density at radius 3 is 2.52 bits per heavy atom. The van der Waals surface area contributed by atoms with Crippen LogP contribution in [0.5, 0.6) is 0 Å². The second-order valence-electron chi connectivity index (χ2n) is 5.04. The normalized spacial score (nSPS) is 12.1. The highest BCUT2D eigenvalue weighted by molar-refractivity contribution is 5.32. The summed E-state index contributed by atoms with van der Waals surface area (Å²) in [5.41, 5.74) is 2.01. The molecule has 5 heteroatoms. The molecule has 0 bridgehead atoms. The third-order valence-electron chi connectivity index (χ3n) is 3.23. The topological polar surface area (TPSA) is 55.2 Å². The number of nitro benzene ring substituents is 1. The van der Waals surface area contributed by atoms with Crippen molar-refractivity contribution < 1.29 is 9.31 Å². The molecule has 0 spiro atoms. The van der Waals surface area contributed by atoms with Gasteiger partial charge in [-0.3, -0.25) is 10.1 Å². The Morgan fingerprint density at radius 1 is 1.19 bits per heavy atom. The first-order valence-corrected chi connectivity index (χ1v) is 6.76. The Hall–Kier alpha value is -2.27. The van der Waals surface area contributed by atoms with E-state index in [2.05, 4.69) is 5.32 Å². The van der Waals surface area contributed by atoms with Gasteiger partial charge in [-0.2, -0.15) is 0 Å². The molecule has 2 aromatic rings. The molecule has 4 nitrogen and oxygen atoms in total. The number of non-ortho nitro benzene ring substituents is 1. The number of nitrogens with one attached hydrogen (secondary N) is 1. The van der Waals surface area contributed by atoms with Crippen LogP contribution in [0.2, 0.25) is 0 Å². The number of hydrogen-bond donors (Lipinski definition) is 1. The van der Waals surface area contributed by atoms with Crippen LogP contribution in [0.4, 0.5) is 10.1 Å². The summed E-state index contributed by atoms with van der Waals surface area (Å²) in [5.74, 6) is -0.227. The van der Waals surface area contributed by atoms with Crippen LogP contribution < -0.4 is 5.32 Å². The van der Waals surface area contributed by atoms with Crippen molar-refractivity contribution >= 4 is 5.69 Å². The zero-order valence-corrected chi connectivity index (χ0v) is 11.8. The number of nitro groups is 1. The summed E-state index contributed by atoms with van der Waals surface area (Å²) in [6.45, 7) is 2.64. The molecule has 1 atom stereocenters. The highest BCUT2D eigenvalue weighted by Gasteiger charge is 2.06. The van der Waals surface area contributed by atoms with E-state index in [-0.39, 0.29) is 17.5 Å². The van der Waals surface area contributed by atoms with Gasteiger partial charge in [0, 0.05) is 24.7 Å². The minimum atomic E-state index is -0.413. The van der Waals surface area contributed by atoms with Crippen molar-refractivity contribution in [1.29, 1.82) is 0 Å². The van der Waals surface area contributed by atoms with E-state index in [1.165, 1.54) is 24.3 Å². The Balaban J connectivity index is 1.86. The van der Waals surface area contributed by atoms with Gasteiger partial charge in [0.15, 0.2) is 0 Å². The first-order chi connectivity index (χ1) is 10.0. The molecule has 0 aliphatic rings. The highest BCUT2D eigenvalue weighted by Crippen LogP contribution is 2.12. The second kappa shape index (κ2) is 6.95. The van der Waals surface area contributed by atoms with E-state index in [0.717, 1.165) is 17.5 Å². The standard InChI is InChI=1S/C16H17FN2O2/c1-12(9-14-3-2-4-15(17)10-14)18-11-13-5-7-16(8-6-13)19(20)21/h2-8,10,12,18H,9,11H2,1H3. The minimum Gasteiger partial charge on any atom is -0.310 e. The monoisotopic (exact) mass is 288 g/mol. The average molecular weight is 288 g/mol. The molecule has 110 valence electrons. The predicted molar refractivity (Wildman–Crippen MR) is 79.5 cm³/mol. The molecular formula is C16H17FN2O2. The third-order valence-corrected chi connectivity index (χ3v) is 3.23. The maximum absolute atomic E-state index is 13.1. The Kier molecular flexibility index (Phi) is 5.00. The molecule has 0 aliphatic heterocycles. The van der Waals surface area contributed by atoms with Crippen LogP contribution >= 0.6 is 0 Å². The van der Waals surface area contributed by atoms with E-state index < -0.39 is 4.92 Å². The van der Waals surface area contributed by atoms with Crippen LogP contribution in [0.1, 0.15) is 18.1 Å². The Bertz CT molecular complexity index is 614. The lowest BCUT2D eigenvalue weighted by molar-refractivity contribution is -0.384. The first-order valence-electron chi connectivity index (χ1n) is 6.76. The number of halogens is 1. The molecule has 2 rings (SSSR count). The molecule has 1 unspecified atom stereocenters. The zero-order valence-electron chi connectivity index (χ0n) is 11.8. The van der Waals surface area contributed by atoms with E-state index >= 15 is 0 Å². The van der Waals surface area contributed by atoms with Gasteiger partial charge in [-0.1, -0.05) is 24.3 Å². The van der Waals surface area contributed by atoms with Crippen molar-refractivity contribution in [2.75, 3.05) is 0 Å². The summed E-state index contributed by atoms with van der Waals surface area (Å²) in [6.07, 6.45) is 0.727. The van der Waals surface area contributed by atoms with Gasteiger partial charge in [0.2, 0.25) is 0 Å². The molecule has 0 heterocycles. The minimum absolute atomic E-state index is 0.0894. The third kappa shape index (κ3) is 4.65. The zero-order chi connectivity index (χ0) is 15.2.